The molecule has 0 amide bonds. The number of hydrogen-bond donors (Lipinski definition) is 1. The van der Waals surface area contributed by atoms with Gasteiger partial charge in [-0.25, -0.2) is 4.39 Å². The molecule has 1 aromatic carbocycles. The Morgan fingerprint density at radius 3 is 2.60 bits per heavy atom. The molecule has 2 nitrogen and oxygen atoms in total. The molecule has 0 bridgehead atoms. The Morgan fingerprint density at radius 1 is 1.40 bits per heavy atom. The van der Waals surface area contributed by atoms with E-state index in [1.54, 1.807) is 13.0 Å². The summed E-state index contributed by atoms with van der Waals surface area (Å²) < 4.78 is 18.5. The quantitative estimate of drug-likeness (QED) is 0.831. The summed E-state index contributed by atoms with van der Waals surface area (Å²) in [5, 5.41) is 9.48. The first-order chi connectivity index (χ1) is 7.04. The van der Waals surface area contributed by atoms with E-state index in [1.165, 1.54) is 12.1 Å². The van der Waals surface area contributed by atoms with Crippen molar-refractivity contribution in [2.24, 2.45) is 0 Å². The molecule has 1 aromatic rings. The van der Waals surface area contributed by atoms with Crippen molar-refractivity contribution in [3.05, 3.63) is 29.6 Å². The van der Waals surface area contributed by atoms with Gasteiger partial charge in [0, 0.05) is 11.6 Å². The lowest BCUT2D eigenvalue weighted by Gasteiger charge is -2.17. The highest BCUT2D eigenvalue weighted by Crippen LogP contribution is 2.27. The lowest BCUT2D eigenvalue weighted by Crippen LogP contribution is -2.12. The fourth-order valence-electron chi connectivity index (χ4n) is 1.26. The third-order valence-corrected chi connectivity index (χ3v) is 2.33. The van der Waals surface area contributed by atoms with Gasteiger partial charge in [0.25, 0.3) is 0 Å². The van der Waals surface area contributed by atoms with Crippen molar-refractivity contribution in [1.82, 2.24) is 0 Å². The van der Waals surface area contributed by atoms with Crippen LogP contribution in [0, 0.1) is 5.82 Å². The molecule has 0 aliphatic rings. The predicted octanol–water partition coefficient (Wildman–Crippen LogP) is 3.06. The molecule has 0 saturated heterocycles. The lowest BCUT2D eigenvalue weighted by molar-refractivity contribution is 0.176. The average Bonchev–Trinajstić information content (AvgIpc) is 2.17. The summed E-state index contributed by atoms with van der Waals surface area (Å²) in [5.41, 5.74) is 0.622. The normalized spacial score (nSPS) is 14.7. The van der Waals surface area contributed by atoms with Gasteiger partial charge in [-0.05, 0) is 32.4 Å². The minimum atomic E-state index is -0.648. The standard InChI is InChI=1S/C12H17FO2/c1-4-8(2)15-12-7-10(13)5-6-11(12)9(3)14/h5-9,14H,4H2,1-3H3. The van der Waals surface area contributed by atoms with Crippen LogP contribution in [-0.4, -0.2) is 11.2 Å². The molecular weight excluding hydrogens is 195 g/mol. The summed E-state index contributed by atoms with van der Waals surface area (Å²) in [6, 6.07) is 4.19. The van der Waals surface area contributed by atoms with Crippen LogP contribution in [0.2, 0.25) is 0 Å². The van der Waals surface area contributed by atoms with Crippen LogP contribution >= 0.6 is 0 Å². The van der Waals surface area contributed by atoms with Crippen molar-refractivity contribution in [2.45, 2.75) is 39.4 Å². The molecule has 1 N–H and O–H groups in total. The Bertz CT molecular complexity index is 323. The van der Waals surface area contributed by atoms with Crippen molar-refractivity contribution >= 4 is 0 Å². The number of benzene rings is 1. The zero-order valence-electron chi connectivity index (χ0n) is 9.33. The van der Waals surface area contributed by atoms with Crippen LogP contribution in [0.3, 0.4) is 0 Å². The summed E-state index contributed by atoms with van der Waals surface area (Å²) in [6.45, 7) is 5.54. The van der Waals surface area contributed by atoms with E-state index >= 15 is 0 Å². The second-order valence-corrected chi connectivity index (χ2v) is 3.69. The SMILES string of the molecule is CCC(C)Oc1cc(F)ccc1C(C)O. The lowest BCUT2D eigenvalue weighted by atomic mass is 10.1. The average molecular weight is 212 g/mol. The first-order valence-corrected chi connectivity index (χ1v) is 5.18. The first-order valence-electron chi connectivity index (χ1n) is 5.18. The monoisotopic (exact) mass is 212 g/mol. The third kappa shape index (κ3) is 3.20. The highest BCUT2D eigenvalue weighted by atomic mass is 19.1. The number of hydrogen-bond acceptors (Lipinski definition) is 2. The van der Waals surface area contributed by atoms with Crippen LogP contribution in [-0.2, 0) is 0 Å². The van der Waals surface area contributed by atoms with E-state index in [2.05, 4.69) is 0 Å². The maximum absolute atomic E-state index is 13.0. The van der Waals surface area contributed by atoms with Gasteiger partial charge in [0.2, 0.25) is 0 Å². The molecule has 1 rings (SSSR count). The molecule has 0 fully saturated rings. The number of rotatable bonds is 4. The maximum atomic E-state index is 13.0. The Balaban J connectivity index is 2.96. The second-order valence-electron chi connectivity index (χ2n) is 3.69. The molecule has 15 heavy (non-hydrogen) atoms. The van der Waals surface area contributed by atoms with Crippen LogP contribution < -0.4 is 4.74 Å². The van der Waals surface area contributed by atoms with Crippen LogP contribution in [0.5, 0.6) is 5.75 Å². The van der Waals surface area contributed by atoms with E-state index < -0.39 is 6.10 Å². The summed E-state index contributed by atoms with van der Waals surface area (Å²) in [5.74, 6) is 0.0806. The third-order valence-electron chi connectivity index (χ3n) is 2.33. The molecule has 0 aromatic heterocycles. The van der Waals surface area contributed by atoms with Gasteiger partial charge in [0.15, 0.2) is 0 Å². The summed E-state index contributed by atoms with van der Waals surface area (Å²) in [7, 11) is 0. The minimum Gasteiger partial charge on any atom is -0.490 e. The molecule has 2 unspecified atom stereocenters. The van der Waals surface area contributed by atoms with Gasteiger partial charge in [-0.15, -0.1) is 0 Å². The van der Waals surface area contributed by atoms with Gasteiger partial charge in [-0.3, -0.25) is 0 Å². The maximum Gasteiger partial charge on any atom is 0.128 e. The van der Waals surface area contributed by atoms with Gasteiger partial charge >= 0.3 is 0 Å². The summed E-state index contributed by atoms with van der Waals surface area (Å²) in [4.78, 5) is 0. The van der Waals surface area contributed by atoms with E-state index in [9.17, 15) is 9.50 Å². The molecule has 84 valence electrons. The topological polar surface area (TPSA) is 29.5 Å². The molecule has 0 spiro atoms. The summed E-state index contributed by atoms with van der Waals surface area (Å²) in [6.07, 6.45) is 0.212. The van der Waals surface area contributed by atoms with Crippen molar-refractivity contribution in [3.8, 4) is 5.75 Å². The first kappa shape index (κ1) is 12.0. The zero-order chi connectivity index (χ0) is 11.4. The zero-order valence-corrected chi connectivity index (χ0v) is 9.33. The Labute approximate surface area is 89.7 Å². The van der Waals surface area contributed by atoms with Crippen LogP contribution in [0.4, 0.5) is 4.39 Å². The minimum absolute atomic E-state index is 0.0179. The van der Waals surface area contributed by atoms with Crippen molar-refractivity contribution in [3.63, 3.8) is 0 Å². The van der Waals surface area contributed by atoms with Crippen molar-refractivity contribution in [2.75, 3.05) is 0 Å². The van der Waals surface area contributed by atoms with Crippen molar-refractivity contribution in [1.29, 1.82) is 0 Å². The van der Waals surface area contributed by atoms with Gasteiger partial charge in [-0.1, -0.05) is 6.92 Å². The van der Waals surface area contributed by atoms with Crippen LogP contribution in [0.1, 0.15) is 38.9 Å². The van der Waals surface area contributed by atoms with E-state index in [0.29, 0.717) is 11.3 Å². The smallest absolute Gasteiger partial charge is 0.128 e. The summed E-state index contributed by atoms with van der Waals surface area (Å²) >= 11 is 0. The Kier molecular flexibility index (Phi) is 4.09. The fraction of sp³-hybridized carbons (Fsp3) is 0.500. The number of halogens is 1. The van der Waals surface area contributed by atoms with E-state index in [0.717, 1.165) is 6.42 Å². The number of aliphatic hydroxyl groups is 1. The molecular formula is C12H17FO2. The van der Waals surface area contributed by atoms with Gasteiger partial charge < -0.3 is 9.84 Å². The molecule has 0 aliphatic heterocycles. The Morgan fingerprint density at radius 2 is 2.07 bits per heavy atom. The molecule has 0 aliphatic carbocycles. The Hall–Kier alpha value is -1.09. The molecule has 2 atom stereocenters. The van der Waals surface area contributed by atoms with Crippen LogP contribution in [0.15, 0.2) is 18.2 Å². The van der Waals surface area contributed by atoms with Gasteiger partial charge in [0.1, 0.15) is 11.6 Å². The molecule has 0 saturated carbocycles. The second kappa shape index (κ2) is 5.12. The highest BCUT2D eigenvalue weighted by Gasteiger charge is 2.12. The van der Waals surface area contributed by atoms with E-state index in [1.807, 2.05) is 13.8 Å². The highest BCUT2D eigenvalue weighted by molar-refractivity contribution is 5.35. The number of ether oxygens (including phenoxy) is 1. The van der Waals surface area contributed by atoms with Crippen LogP contribution in [0.25, 0.3) is 0 Å². The van der Waals surface area contributed by atoms with E-state index in [-0.39, 0.29) is 11.9 Å². The largest absolute Gasteiger partial charge is 0.490 e. The van der Waals surface area contributed by atoms with Gasteiger partial charge in [0.05, 0.1) is 12.2 Å². The van der Waals surface area contributed by atoms with E-state index in [4.69, 9.17) is 4.74 Å². The predicted molar refractivity (Wildman–Crippen MR) is 57.4 cm³/mol. The van der Waals surface area contributed by atoms with Crippen molar-refractivity contribution < 1.29 is 14.2 Å². The number of aliphatic hydroxyl groups excluding tert-OH is 1. The van der Waals surface area contributed by atoms with Gasteiger partial charge in [-0.2, -0.15) is 0 Å². The molecule has 0 radical (unpaired) electrons. The molecule has 0 heterocycles. The molecule has 3 heteroatoms. The fourth-order valence-corrected chi connectivity index (χ4v) is 1.26.